The molecule has 0 aromatic carbocycles. The number of ether oxygens (including phenoxy) is 1. The van der Waals surface area contributed by atoms with Gasteiger partial charge in [0.2, 0.25) is 11.8 Å². The molecule has 8 heteroatoms. The number of hydrogen-bond acceptors (Lipinski definition) is 6. The molecule has 0 spiro atoms. The lowest BCUT2D eigenvalue weighted by Crippen LogP contribution is -2.38. The van der Waals surface area contributed by atoms with E-state index in [-0.39, 0.29) is 35.8 Å². The maximum absolute atomic E-state index is 11.7. The number of amides is 2. The number of esters is 1. The van der Waals surface area contributed by atoms with Crippen LogP contribution in [0.15, 0.2) is 0 Å². The highest BCUT2D eigenvalue weighted by Gasteiger charge is 2.28. The van der Waals surface area contributed by atoms with Crippen molar-refractivity contribution < 1.29 is 28.7 Å². The number of cyclic esters (lactones) is 1. The first-order valence-corrected chi connectivity index (χ1v) is 12.7. The van der Waals surface area contributed by atoms with E-state index in [2.05, 4.69) is 17.6 Å². The Morgan fingerprint density at radius 3 is 2.06 bits per heavy atom. The van der Waals surface area contributed by atoms with Crippen molar-refractivity contribution in [2.75, 3.05) is 6.61 Å². The van der Waals surface area contributed by atoms with Gasteiger partial charge in [0.1, 0.15) is 11.8 Å². The average Bonchev–Trinajstić information content (AvgIpc) is 3.35. The third kappa shape index (κ3) is 13.1. The number of ketones is 2. The summed E-state index contributed by atoms with van der Waals surface area (Å²) >= 11 is 0. The van der Waals surface area contributed by atoms with Crippen molar-refractivity contribution in [2.24, 2.45) is 0 Å². The van der Waals surface area contributed by atoms with Crippen LogP contribution in [0.5, 0.6) is 0 Å². The van der Waals surface area contributed by atoms with Crippen molar-refractivity contribution in [3.63, 3.8) is 0 Å². The number of nitrogens with one attached hydrogen (secondary N) is 2. The van der Waals surface area contributed by atoms with Gasteiger partial charge in [0, 0.05) is 25.7 Å². The first-order chi connectivity index (χ1) is 15.9. The molecule has 2 fully saturated rings. The zero-order valence-electron chi connectivity index (χ0n) is 20.4. The van der Waals surface area contributed by atoms with Gasteiger partial charge in [0.25, 0.3) is 0 Å². The molecule has 1 aliphatic carbocycles. The van der Waals surface area contributed by atoms with E-state index in [0.29, 0.717) is 32.3 Å². The number of carbonyl (C=O) groups excluding carboxylic acids is 5. The van der Waals surface area contributed by atoms with Crippen LogP contribution in [-0.4, -0.2) is 48.0 Å². The van der Waals surface area contributed by atoms with Gasteiger partial charge in [-0.1, -0.05) is 52.4 Å². The van der Waals surface area contributed by atoms with Crippen LogP contribution < -0.4 is 10.6 Å². The van der Waals surface area contributed by atoms with Gasteiger partial charge in [-0.15, -0.1) is 0 Å². The summed E-state index contributed by atoms with van der Waals surface area (Å²) in [6.45, 7) is 4.49. The van der Waals surface area contributed by atoms with Crippen LogP contribution in [-0.2, 0) is 28.7 Å². The number of unbranched alkanes of at least 4 members (excludes halogenated alkanes) is 6. The van der Waals surface area contributed by atoms with Crippen molar-refractivity contribution in [1.29, 1.82) is 0 Å². The molecule has 0 radical (unpaired) electrons. The topological polar surface area (TPSA) is 119 Å². The van der Waals surface area contributed by atoms with E-state index in [1.165, 1.54) is 25.7 Å². The lowest BCUT2D eigenvalue weighted by Gasteiger charge is -2.09. The van der Waals surface area contributed by atoms with Crippen molar-refractivity contribution in [2.45, 2.75) is 122 Å². The summed E-state index contributed by atoms with van der Waals surface area (Å²) in [6, 6.07) is -0.743. The fourth-order valence-electron chi connectivity index (χ4n) is 3.88. The summed E-state index contributed by atoms with van der Waals surface area (Å²) in [6.07, 6.45) is 12.7. The lowest BCUT2D eigenvalue weighted by molar-refractivity contribution is -0.142. The largest absolute Gasteiger partial charge is 0.464 e. The molecule has 188 valence electrons. The number of carbonyl (C=O) groups is 5. The molecule has 0 unspecified atom stereocenters. The Labute approximate surface area is 198 Å². The molecule has 1 saturated carbocycles. The van der Waals surface area contributed by atoms with E-state index >= 15 is 0 Å². The number of hydrogen-bond donors (Lipinski definition) is 2. The quantitative estimate of drug-likeness (QED) is 0.230. The van der Waals surface area contributed by atoms with Gasteiger partial charge in [-0.25, -0.2) is 4.79 Å². The second-order valence-corrected chi connectivity index (χ2v) is 8.89. The Balaban J connectivity index is 0.000000383. The molecule has 2 aliphatic rings. The predicted molar refractivity (Wildman–Crippen MR) is 125 cm³/mol. The predicted octanol–water partition coefficient (Wildman–Crippen LogP) is 3.54. The van der Waals surface area contributed by atoms with Crippen molar-refractivity contribution in [3.05, 3.63) is 0 Å². The Morgan fingerprint density at radius 1 is 0.818 bits per heavy atom. The van der Waals surface area contributed by atoms with Crippen molar-refractivity contribution in [3.8, 4) is 0 Å². The molecule has 0 aromatic rings. The average molecular weight is 467 g/mol. The van der Waals surface area contributed by atoms with Gasteiger partial charge >= 0.3 is 5.97 Å². The molecule has 8 nitrogen and oxygen atoms in total. The van der Waals surface area contributed by atoms with Gasteiger partial charge < -0.3 is 15.4 Å². The van der Waals surface area contributed by atoms with E-state index < -0.39 is 12.0 Å². The van der Waals surface area contributed by atoms with E-state index in [0.717, 1.165) is 38.5 Å². The Hall–Kier alpha value is -2.25. The van der Waals surface area contributed by atoms with Gasteiger partial charge in [0.05, 0.1) is 19.1 Å². The monoisotopic (exact) mass is 466 g/mol. The summed E-state index contributed by atoms with van der Waals surface area (Å²) < 4.78 is 4.75. The molecule has 2 atom stereocenters. The van der Waals surface area contributed by atoms with Crippen LogP contribution in [0.2, 0.25) is 0 Å². The normalized spacial score (nSPS) is 19.5. The maximum Gasteiger partial charge on any atom is 0.328 e. The van der Waals surface area contributed by atoms with Crippen LogP contribution in [0.1, 0.15) is 110 Å². The highest BCUT2D eigenvalue weighted by Crippen LogP contribution is 2.14. The number of rotatable bonds is 14. The van der Waals surface area contributed by atoms with Crippen LogP contribution in [0.3, 0.4) is 0 Å². The minimum absolute atomic E-state index is 0.0118. The summed E-state index contributed by atoms with van der Waals surface area (Å²) in [5.41, 5.74) is 0. The van der Waals surface area contributed by atoms with E-state index in [1.54, 1.807) is 0 Å². The van der Waals surface area contributed by atoms with Crippen LogP contribution in [0.25, 0.3) is 0 Å². The van der Waals surface area contributed by atoms with Crippen LogP contribution in [0.4, 0.5) is 0 Å². The SMILES string of the molecule is CCCC(=O)N[C@H]1CCCC1=O.CCCCCCCCCC(=O)CC(=O)N[C@H]1CCOC1=O. The molecule has 0 bridgehead atoms. The molecule has 1 aliphatic heterocycles. The molecule has 1 saturated heterocycles. The van der Waals surface area contributed by atoms with Gasteiger partial charge in [-0.2, -0.15) is 0 Å². The summed E-state index contributed by atoms with van der Waals surface area (Å²) in [5.74, 6) is -0.612. The highest BCUT2D eigenvalue weighted by molar-refractivity contribution is 5.99. The van der Waals surface area contributed by atoms with Crippen molar-refractivity contribution >= 4 is 29.4 Å². The fraction of sp³-hybridized carbons (Fsp3) is 0.800. The third-order valence-corrected chi connectivity index (χ3v) is 5.80. The summed E-state index contributed by atoms with van der Waals surface area (Å²) in [4.78, 5) is 56.7. The van der Waals surface area contributed by atoms with Crippen LogP contribution in [0, 0.1) is 0 Å². The molecule has 33 heavy (non-hydrogen) atoms. The van der Waals surface area contributed by atoms with E-state index in [1.807, 2.05) is 6.92 Å². The fourth-order valence-corrected chi connectivity index (χ4v) is 3.88. The summed E-state index contributed by atoms with van der Waals surface area (Å²) in [5, 5.41) is 5.29. The Kier molecular flexibility index (Phi) is 15.1. The standard InChI is InChI=1S/C16H27NO4.C9H15NO2/c1-2-3-4-5-6-7-8-9-13(18)12-15(19)17-14-10-11-21-16(14)20;1-2-4-9(12)10-7-5-3-6-8(7)11/h14H,2-12H2,1H3,(H,17,19);7H,2-6H2,1H3,(H,10,12)/t14-;7-/m00/s1. The third-order valence-electron chi connectivity index (χ3n) is 5.80. The first kappa shape index (κ1) is 28.8. The molecule has 2 N–H and O–H groups in total. The second-order valence-electron chi connectivity index (χ2n) is 8.89. The zero-order valence-corrected chi connectivity index (χ0v) is 20.4. The van der Waals surface area contributed by atoms with Gasteiger partial charge in [-0.05, 0) is 25.7 Å². The molecule has 2 rings (SSSR count). The van der Waals surface area contributed by atoms with Gasteiger partial charge in [-0.3, -0.25) is 19.2 Å². The molecule has 0 aromatic heterocycles. The maximum atomic E-state index is 11.7. The number of Topliss-reactive ketones (excluding diaryl/α,β-unsaturated/α-hetero) is 2. The lowest BCUT2D eigenvalue weighted by atomic mass is 10.1. The van der Waals surface area contributed by atoms with Crippen molar-refractivity contribution in [1.82, 2.24) is 10.6 Å². The highest BCUT2D eigenvalue weighted by atomic mass is 16.5. The molecular formula is C25H42N2O6. The molecular weight excluding hydrogens is 424 g/mol. The second kappa shape index (κ2) is 17.3. The molecule has 1 heterocycles. The minimum Gasteiger partial charge on any atom is -0.464 e. The van der Waals surface area contributed by atoms with E-state index in [4.69, 9.17) is 4.74 Å². The minimum atomic E-state index is -0.566. The van der Waals surface area contributed by atoms with Gasteiger partial charge in [0.15, 0.2) is 5.78 Å². The first-order valence-electron chi connectivity index (χ1n) is 12.7. The zero-order chi connectivity index (χ0) is 24.5. The Morgan fingerprint density at radius 2 is 1.48 bits per heavy atom. The summed E-state index contributed by atoms with van der Waals surface area (Å²) in [7, 11) is 0. The smallest absolute Gasteiger partial charge is 0.328 e. The van der Waals surface area contributed by atoms with Crippen LogP contribution >= 0.6 is 0 Å². The van der Waals surface area contributed by atoms with E-state index in [9.17, 15) is 24.0 Å². The molecule has 2 amide bonds. The Bertz CT molecular complexity index is 649.